The van der Waals surface area contributed by atoms with Crippen molar-refractivity contribution < 1.29 is 37.2 Å². The Hall–Kier alpha value is 1.65. The summed E-state index contributed by atoms with van der Waals surface area (Å²) in [6, 6.07) is 0. The third-order valence-corrected chi connectivity index (χ3v) is 0. The monoisotopic (exact) mass is 182 g/mol. The van der Waals surface area contributed by atoms with Gasteiger partial charge in [-0.15, -0.1) is 12.4 Å². The first-order valence-corrected chi connectivity index (χ1v) is 0. The summed E-state index contributed by atoms with van der Waals surface area (Å²) < 4.78 is 0. The predicted molar refractivity (Wildman–Crippen MR) is 15.1 cm³/mol. The van der Waals surface area contributed by atoms with Gasteiger partial charge in [-0.25, -0.2) is 0 Å². The summed E-state index contributed by atoms with van der Waals surface area (Å²) in [5, 5.41) is 0. The van der Waals surface area contributed by atoms with Gasteiger partial charge in [0.2, 0.25) is 0 Å². The van der Waals surface area contributed by atoms with Crippen LogP contribution in [0.5, 0.6) is 0 Å². The maximum absolute atomic E-state index is 0. The second-order valence-electron chi connectivity index (χ2n) is 0. The molecule has 3 radical (unpaired) electrons. The van der Waals surface area contributed by atoms with Gasteiger partial charge in [-0.1, -0.05) is 0 Å². The van der Waals surface area contributed by atoms with Gasteiger partial charge in [-0.2, -0.15) is 0 Å². The smallest absolute Gasteiger partial charge is 1.00 e. The standard InChI is InChI=1S/Al.4ClH.N/h;4*1H;/q+3;;;;;/p-3. The second-order valence-corrected chi connectivity index (χ2v) is 0. The fraction of sp³-hybridized carbons (Fsp3) is 0. The van der Waals surface area contributed by atoms with Gasteiger partial charge in [0.1, 0.15) is 0 Å². The molecule has 0 aliphatic heterocycles. The minimum absolute atomic E-state index is 0. The van der Waals surface area contributed by atoms with Crippen molar-refractivity contribution in [3.8, 4) is 0 Å². The van der Waals surface area contributed by atoms with E-state index in [9.17, 15) is 0 Å². The molecule has 6 heavy (non-hydrogen) atoms. The fourth-order valence-corrected chi connectivity index (χ4v) is 0. The quantitative estimate of drug-likeness (QED) is 0.334. The molecule has 0 bridgehead atoms. The Morgan fingerprint density at radius 2 is 0.667 bits per heavy atom. The average molecular weight is 184 g/mol. The Balaban J connectivity index is 0. The molecule has 0 aromatic rings. The zero-order valence-corrected chi connectivity index (χ0v) is 6.81. The maximum Gasteiger partial charge on any atom is 3.00 e. The van der Waals surface area contributed by atoms with Crippen LogP contribution in [0.25, 0.3) is 0 Å². The normalized spacial score (nSPS) is 0. The third kappa shape index (κ3) is 44.8. The van der Waals surface area contributed by atoms with Crippen molar-refractivity contribution in [2.24, 2.45) is 0 Å². The summed E-state index contributed by atoms with van der Waals surface area (Å²) in [5.41, 5.74) is 0. The van der Waals surface area contributed by atoms with Crippen molar-refractivity contribution in [2.45, 2.75) is 0 Å². The van der Waals surface area contributed by atoms with Crippen molar-refractivity contribution in [3.05, 3.63) is 0 Å². The molecule has 0 heterocycles. The molecule has 0 unspecified atom stereocenters. The van der Waals surface area contributed by atoms with Gasteiger partial charge in [0.15, 0.2) is 0 Å². The minimum Gasteiger partial charge on any atom is -1.00 e. The van der Waals surface area contributed by atoms with Crippen molar-refractivity contribution in [1.29, 1.82) is 0 Å². The molecule has 6 heteroatoms. The zero-order valence-electron chi connectivity index (χ0n) is 2.57. The van der Waals surface area contributed by atoms with Gasteiger partial charge in [0, 0.05) is 6.15 Å². The molecule has 0 saturated heterocycles. The van der Waals surface area contributed by atoms with Crippen LogP contribution in [0.15, 0.2) is 0 Å². The summed E-state index contributed by atoms with van der Waals surface area (Å²) in [7, 11) is 0. The van der Waals surface area contributed by atoms with Crippen LogP contribution >= 0.6 is 12.4 Å². The van der Waals surface area contributed by atoms with Gasteiger partial charge in [-0.05, 0) is 0 Å². The third-order valence-electron chi connectivity index (χ3n) is 0. The van der Waals surface area contributed by atoms with E-state index in [1.807, 2.05) is 0 Å². The molecule has 0 spiro atoms. The molecule has 0 aromatic heterocycles. The van der Waals surface area contributed by atoms with Crippen molar-refractivity contribution >= 4 is 29.8 Å². The largest absolute Gasteiger partial charge is 3.00 e. The summed E-state index contributed by atoms with van der Waals surface area (Å²) >= 11 is 0. The molecule has 0 aliphatic carbocycles. The SMILES string of the molecule is Cl.[Al+3].[Cl-].[Cl-].[Cl-].[N]. The topological polar surface area (TPSA) is 30.5 Å². The van der Waals surface area contributed by atoms with Crippen LogP contribution < -0.4 is 43.4 Å². The van der Waals surface area contributed by atoms with Gasteiger partial charge in [0.05, 0.1) is 0 Å². The molecule has 0 fully saturated rings. The van der Waals surface area contributed by atoms with Gasteiger partial charge in [0.25, 0.3) is 0 Å². The van der Waals surface area contributed by atoms with E-state index in [1.54, 1.807) is 0 Å². The zero-order chi connectivity index (χ0) is 0. The fourth-order valence-electron chi connectivity index (χ4n) is 0. The summed E-state index contributed by atoms with van der Waals surface area (Å²) in [4.78, 5) is 0. The first-order chi connectivity index (χ1) is 0. The van der Waals surface area contributed by atoms with Crippen LogP contribution in [0.1, 0.15) is 0 Å². The predicted octanol–water partition coefficient (Wildman–Crippen LogP) is -9.43. The van der Waals surface area contributed by atoms with Crippen molar-refractivity contribution in [2.75, 3.05) is 0 Å². The molecule has 0 rings (SSSR count). The number of rotatable bonds is 0. The minimum atomic E-state index is 0. The molecular weight excluding hydrogens is 183 g/mol. The number of hydrogen-bond acceptors (Lipinski definition) is 0. The molecule has 0 amide bonds. The van der Waals surface area contributed by atoms with E-state index < -0.39 is 0 Å². The first-order valence-electron chi connectivity index (χ1n) is 0. The molecule has 0 aromatic carbocycles. The maximum atomic E-state index is 0. The van der Waals surface area contributed by atoms with E-state index in [0.717, 1.165) is 0 Å². The van der Waals surface area contributed by atoms with Crippen LogP contribution in [-0.4, -0.2) is 17.4 Å². The van der Waals surface area contributed by atoms with Gasteiger partial charge >= 0.3 is 17.4 Å². The second kappa shape index (κ2) is 77.8. The van der Waals surface area contributed by atoms with E-state index in [2.05, 4.69) is 0 Å². The number of hydrogen-bond donors (Lipinski definition) is 0. The average Bonchev–Trinajstić information content (AvgIpc) is 0. The van der Waals surface area contributed by atoms with Crippen LogP contribution in [-0.2, 0) is 0 Å². The summed E-state index contributed by atoms with van der Waals surface area (Å²) in [6.45, 7) is 0. The van der Waals surface area contributed by atoms with E-state index in [1.165, 1.54) is 0 Å². The Morgan fingerprint density at radius 1 is 0.667 bits per heavy atom. The molecule has 0 N–H and O–H groups in total. The van der Waals surface area contributed by atoms with Gasteiger partial charge < -0.3 is 37.2 Å². The van der Waals surface area contributed by atoms with Crippen molar-refractivity contribution in [1.82, 2.24) is 6.15 Å². The molecule has 0 atom stereocenters. The molecule has 0 saturated carbocycles. The Morgan fingerprint density at radius 3 is 0.667 bits per heavy atom. The van der Waals surface area contributed by atoms with E-state index in [0.29, 0.717) is 0 Å². The number of nitrogens with zero attached hydrogens (tertiary/aromatic N) is 1. The van der Waals surface area contributed by atoms with E-state index in [4.69, 9.17) is 0 Å². The molecule has 37 valence electrons. The summed E-state index contributed by atoms with van der Waals surface area (Å²) in [6.07, 6.45) is 0. The van der Waals surface area contributed by atoms with Crippen LogP contribution in [0.4, 0.5) is 0 Å². The van der Waals surface area contributed by atoms with Crippen LogP contribution in [0.2, 0.25) is 0 Å². The number of halogens is 4. The Bertz CT molecular complexity index is 7.51. The van der Waals surface area contributed by atoms with E-state index >= 15 is 0 Å². The van der Waals surface area contributed by atoms with Crippen molar-refractivity contribution in [3.63, 3.8) is 0 Å². The van der Waals surface area contributed by atoms with Crippen LogP contribution in [0.3, 0.4) is 0 Å². The molecule has 1 nitrogen and oxygen atoms in total. The first kappa shape index (κ1) is 124. The molecule has 0 aliphatic rings. The van der Waals surface area contributed by atoms with Crippen LogP contribution in [0, 0.1) is 0 Å². The Labute approximate surface area is 73.0 Å². The van der Waals surface area contributed by atoms with E-state index in [-0.39, 0.29) is 73.1 Å². The summed E-state index contributed by atoms with van der Waals surface area (Å²) in [5.74, 6) is 0. The molecular formula is HAlCl4N. The van der Waals surface area contributed by atoms with Gasteiger partial charge in [-0.3, -0.25) is 0 Å². The Kier molecular flexibility index (Phi) is 1610.